The number of carbonyl (C=O) groups is 3. The van der Waals surface area contributed by atoms with Crippen LogP contribution in [0.5, 0.6) is 0 Å². The van der Waals surface area contributed by atoms with Crippen molar-refractivity contribution >= 4 is 17.7 Å². The summed E-state index contributed by atoms with van der Waals surface area (Å²) < 4.78 is 0. The van der Waals surface area contributed by atoms with Crippen molar-refractivity contribution in [3.05, 3.63) is 34.9 Å². The molecule has 0 spiro atoms. The average Bonchev–Trinajstić information content (AvgIpc) is 3.01. The van der Waals surface area contributed by atoms with Gasteiger partial charge in [0.05, 0.1) is 0 Å². The fourth-order valence-electron chi connectivity index (χ4n) is 4.75. The number of amides is 3. The first-order valence-corrected chi connectivity index (χ1v) is 10.2. The van der Waals surface area contributed by atoms with Gasteiger partial charge in [-0.05, 0) is 50.0 Å². The van der Waals surface area contributed by atoms with Crippen molar-refractivity contribution in [1.29, 1.82) is 0 Å². The molecule has 0 aromatic heterocycles. The predicted molar refractivity (Wildman–Crippen MR) is 104 cm³/mol. The Balaban J connectivity index is 1.54. The van der Waals surface area contributed by atoms with E-state index in [4.69, 9.17) is 0 Å². The number of nitrogens with one attached hydrogen (secondary N) is 2. The van der Waals surface area contributed by atoms with Gasteiger partial charge in [0, 0.05) is 37.7 Å². The van der Waals surface area contributed by atoms with Gasteiger partial charge < -0.3 is 10.2 Å². The van der Waals surface area contributed by atoms with E-state index in [0.717, 1.165) is 25.2 Å². The first kappa shape index (κ1) is 19.1. The molecule has 150 valence electrons. The Morgan fingerprint density at radius 2 is 2.04 bits per heavy atom. The van der Waals surface area contributed by atoms with Crippen molar-refractivity contribution in [2.45, 2.75) is 57.3 Å². The maximum atomic E-state index is 13.0. The Kier molecular flexibility index (Phi) is 5.46. The zero-order valence-corrected chi connectivity index (χ0v) is 16.4. The minimum Gasteiger partial charge on any atom is -0.322 e. The Morgan fingerprint density at radius 3 is 2.82 bits per heavy atom. The summed E-state index contributed by atoms with van der Waals surface area (Å²) in [6, 6.07) is 5.85. The summed E-state index contributed by atoms with van der Waals surface area (Å²) in [5.74, 6) is -0.715. The quantitative estimate of drug-likeness (QED) is 0.741. The molecule has 0 saturated carbocycles. The first-order chi connectivity index (χ1) is 13.6. The number of likely N-dealkylation sites (tertiary alicyclic amines) is 1. The number of rotatable bonds is 5. The van der Waals surface area contributed by atoms with Crippen LogP contribution in [0.1, 0.15) is 53.6 Å². The van der Waals surface area contributed by atoms with Crippen LogP contribution >= 0.6 is 0 Å². The highest BCUT2D eigenvalue weighted by Gasteiger charge is 2.40. The van der Waals surface area contributed by atoms with Gasteiger partial charge in [0.25, 0.3) is 5.91 Å². The van der Waals surface area contributed by atoms with E-state index in [1.54, 1.807) is 4.90 Å². The van der Waals surface area contributed by atoms with Gasteiger partial charge in [0.2, 0.25) is 11.8 Å². The molecule has 2 fully saturated rings. The van der Waals surface area contributed by atoms with E-state index in [-0.39, 0.29) is 24.1 Å². The second-order valence-electron chi connectivity index (χ2n) is 8.02. The zero-order valence-electron chi connectivity index (χ0n) is 16.4. The topological polar surface area (TPSA) is 81.8 Å². The van der Waals surface area contributed by atoms with E-state index in [9.17, 15) is 14.4 Å². The lowest BCUT2D eigenvalue weighted by molar-refractivity contribution is -0.136. The van der Waals surface area contributed by atoms with E-state index in [1.807, 2.05) is 19.2 Å². The van der Waals surface area contributed by atoms with Gasteiger partial charge in [-0.15, -0.1) is 0 Å². The van der Waals surface area contributed by atoms with Gasteiger partial charge in [0.15, 0.2) is 0 Å². The third-order valence-electron chi connectivity index (χ3n) is 6.24. The molecular formula is C21H28N4O3. The van der Waals surface area contributed by atoms with Crippen molar-refractivity contribution in [3.8, 4) is 0 Å². The highest BCUT2D eigenvalue weighted by atomic mass is 16.2. The second-order valence-corrected chi connectivity index (χ2v) is 8.02. The van der Waals surface area contributed by atoms with E-state index >= 15 is 0 Å². The minimum absolute atomic E-state index is 0.100. The van der Waals surface area contributed by atoms with Crippen molar-refractivity contribution < 1.29 is 14.4 Å². The van der Waals surface area contributed by atoms with Crippen molar-refractivity contribution in [2.24, 2.45) is 0 Å². The monoisotopic (exact) mass is 384 g/mol. The average molecular weight is 384 g/mol. The van der Waals surface area contributed by atoms with Crippen LogP contribution in [-0.4, -0.2) is 59.7 Å². The molecule has 2 saturated heterocycles. The normalized spacial score (nSPS) is 25.8. The summed E-state index contributed by atoms with van der Waals surface area (Å²) in [6.45, 7) is 3.31. The number of nitrogens with zero attached hydrogens (tertiary/aromatic N) is 2. The van der Waals surface area contributed by atoms with Crippen LogP contribution in [0.2, 0.25) is 0 Å². The maximum absolute atomic E-state index is 13.0. The molecule has 1 aromatic carbocycles. The van der Waals surface area contributed by atoms with Crippen LogP contribution in [0.3, 0.4) is 0 Å². The maximum Gasteiger partial charge on any atom is 0.255 e. The third kappa shape index (κ3) is 3.56. The highest BCUT2D eigenvalue weighted by Crippen LogP contribution is 2.31. The fraction of sp³-hybridized carbons (Fsp3) is 0.571. The standard InChI is InChI=1S/C21H28N4O3/c1-22-11-15-6-2-3-10-24(15)12-14-5-4-7-16-17(14)13-25(21(16)28)18-8-9-19(26)23-20(18)27/h4-5,7,15,18,22H,2-3,6,8-13H2,1H3,(H,23,26,27)/t15-,18?/m1/s1. The molecule has 7 heteroatoms. The predicted octanol–water partition coefficient (Wildman–Crippen LogP) is 1.02. The van der Waals surface area contributed by atoms with Crippen LogP contribution < -0.4 is 10.6 Å². The second kappa shape index (κ2) is 8.01. The molecular weight excluding hydrogens is 356 g/mol. The molecule has 3 heterocycles. The number of carbonyl (C=O) groups excluding carboxylic acids is 3. The SMILES string of the molecule is CNC[C@H]1CCCCN1Cc1cccc2c1CN(C1CCC(=O)NC1=O)C2=O. The van der Waals surface area contributed by atoms with Gasteiger partial charge in [-0.3, -0.25) is 24.6 Å². The van der Waals surface area contributed by atoms with E-state index in [2.05, 4.69) is 21.6 Å². The Labute approximate surface area is 165 Å². The molecule has 2 atom stereocenters. The van der Waals surface area contributed by atoms with Crippen molar-refractivity contribution in [1.82, 2.24) is 20.4 Å². The Morgan fingerprint density at radius 1 is 1.18 bits per heavy atom. The van der Waals surface area contributed by atoms with Gasteiger partial charge in [-0.1, -0.05) is 18.6 Å². The molecule has 0 radical (unpaired) electrons. The molecule has 28 heavy (non-hydrogen) atoms. The van der Waals surface area contributed by atoms with Crippen LogP contribution in [0.4, 0.5) is 0 Å². The van der Waals surface area contributed by atoms with Crippen LogP contribution in [-0.2, 0) is 22.7 Å². The smallest absolute Gasteiger partial charge is 0.255 e. The van der Waals surface area contributed by atoms with Gasteiger partial charge in [-0.25, -0.2) is 0 Å². The summed E-state index contributed by atoms with van der Waals surface area (Å²) in [5.41, 5.74) is 2.90. The summed E-state index contributed by atoms with van der Waals surface area (Å²) in [5, 5.41) is 5.66. The number of piperidine rings is 2. The van der Waals surface area contributed by atoms with E-state index in [1.165, 1.54) is 24.8 Å². The molecule has 1 aromatic rings. The number of hydrogen-bond acceptors (Lipinski definition) is 5. The zero-order chi connectivity index (χ0) is 19.7. The summed E-state index contributed by atoms with van der Waals surface area (Å²) in [7, 11) is 1.99. The Hall–Kier alpha value is -2.25. The largest absolute Gasteiger partial charge is 0.322 e. The summed E-state index contributed by atoms with van der Waals surface area (Å²) >= 11 is 0. The van der Waals surface area contributed by atoms with Crippen molar-refractivity contribution in [3.63, 3.8) is 0 Å². The van der Waals surface area contributed by atoms with Gasteiger partial charge >= 0.3 is 0 Å². The Bertz CT molecular complexity index is 792. The van der Waals surface area contributed by atoms with E-state index in [0.29, 0.717) is 24.6 Å². The van der Waals surface area contributed by atoms with Crippen LogP contribution in [0, 0.1) is 0 Å². The molecule has 0 bridgehead atoms. The van der Waals surface area contributed by atoms with Gasteiger partial charge in [-0.2, -0.15) is 0 Å². The molecule has 3 aliphatic rings. The van der Waals surface area contributed by atoms with Crippen molar-refractivity contribution in [2.75, 3.05) is 20.1 Å². The molecule has 7 nitrogen and oxygen atoms in total. The number of fused-ring (bicyclic) bond motifs is 1. The minimum atomic E-state index is -0.558. The number of hydrogen-bond donors (Lipinski definition) is 2. The van der Waals surface area contributed by atoms with Crippen LogP contribution in [0.25, 0.3) is 0 Å². The molecule has 3 aliphatic heterocycles. The molecule has 4 rings (SSSR count). The summed E-state index contributed by atoms with van der Waals surface area (Å²) in [6.07, 6.45) is 4.34. The van der Waals surface area contributed by atoms with Crippen LogP contribution in [0.15, 0.2) is 18.2 Å². The molecule has 0 aliphatic carbocycles. The highest BCUT2D eigenvalue weighted by molar-refractivity contribution is 6.05. The first-order valence-electron chi connectivity index (χ1n) is 10.2. The third-order valence-corrected chi connectivity index (χ3v) is 6.24. The number of benzene rings is 1. The molecule has 3 amide bonds. The lowest BCUT2D eigenvalue weighted by Crippen LogP contribution is -2.52. The number of likely N-dealkylation sites (N-methyl/N-ethyl adjacent to an activating group) is 1. The molecule has 1 unspecified atom stereocenters. The lowest BCUT2D eigenvalue weighted by Gasteiger charge is -2.36. The van der Waals surface area contributed by atoms with Gasteiger partial charge in [0.1, 0.15) is 6.04 Å². The summed E-state index contributed by atoms with van der Waals surface area (Å²) in [4.78, 5) is 40.8. The number of imide groups is 1. The fourth-order valence-corrected chi connectivity index (χ4v) is 4.75. The lowest BCUT2D eigenvalue weighted by atomic mass is 9.98. The molecule has 2 N–H and O–H groups in total. The van der Waals surface area contributed by atoms with E-state index < -0.39 is 6.04 Å².